The first kappa shape index (κ1) is 17.9. The van der Waals surface area contributed by atoms with E-state index in [0.29, 0.717) is 16.5 Å². The van der Waals surface area contributed by atoms with Crippen LogP contribution in [0.25, 0.3) is 0 Å². The summed E-state index contributed by atoms with van der Waals surface area (Å²) in [5, 5.41) is 1.31. The van der Waals surface area contributed by atoms with Crippen molar-refractivity contribution in [2.24, 2.45) is 0 Å². The van der Waals surface area contributed by atoms with E-state index in [4.69, 9.17) is 9.72 Å². The molecule has 2 aliphatic rings. The standard InChI is InChI=1S/C16H27N5OS2/c1-4-12-10-20(6-8-23-12)14-17-15(19-16(18-14)22-3)21-7-9-24-13(5-2)11-21/h12-13H,4-11H2,1-3H3. The third-order valence-corrected chi connectivity index (χ3v) is 7.27. The van der Waals surface area contributed by atoms with Crippen molar-refractivity contribution in [3.8, 4) is 6.01 Å². The highest BCUT2D eigenvalue weighted by Gasteiger charge is 2.26. The van der Waals surface area contributed by atoms with Crippen molar-refractivity contribution >= 4 is 35.4 Å². The van der Waals surface area contributed by atoms with E-state index in [0.717, 1.165) is 49.6 Å². The summed E-state index contributed by atoms with van der Waals surface area (Å²) in [5.74, 6) is 3.78. The molecule has 2 atom stereocenters. The summed E-state index contributed by atoms with van der Waals surface area (Å²) in [6.45, 7) is 8.47. The summed E-state index contributed by atoms with van der Waals surface area (Å²) < 4.78 is 5.36. The van der Waals surface area contributed by atoms with Crippen LogP contribution in [0.5, 0.6) is 6.01 Å². The van der Waals surface area contributed by atoms with Crippen LogP contribution in [0.3, 0.4) is 0 Å². The Morgan fingerprint density at radius 3 is 1.83 bits per heavy atom. The Morgan fingerprint density at radius 1 is 0.917 bits per heavy atom. The molecule has 24 heavy (non-hydrogen) atoms. The van der Waals surface area contributed by atoms with Gasteiger partial charge in [-0.15, -0.1) is 0 Å². The number of thioether (sulfide) groups is 2. The molecule has 3 rings (SSSR count). The molecule has 2 unspecified atom stereocenters. The topological polar surface area (TPSA) is 54.4 Å². The van der Waals surface area contributed by atoms with E-state index >= 15 is 0 Å². The lowest BCUT2D eigenvalue weighted by molar-refractivity contribution is 0.377. The predicted molar refractivity (Wildman–Crippen MR) is 104 cm³/mol. The van der Waals surface area contributed by atoms with Gasteiger partial charge in [-0.2, -0.15) is 38.5 Å². The van der Waals surface area contributed by atoms with Crippen molar-refractivity contribution in [1.29, 1.82) is 0 Å². The Labute approximate surface area is 153 Å². The third kappa shape index (κ3) is 4.20. The van der Waals surface area contributed by atoms with Crippen LogP contribution in [0.15, 0.2) is 0 Å². The van der Waals surface area contributed by atoms with Crippen LogP contribution in [0.2, 0.25) is 0 Å². The zero-order valence-corrected chi connectivity index (χ0v) is 16.4. The zero-order valence-electron chi connectivity index (χ0n) is 14.8. The summed E-state index contributed by atoms with van der Waals surface area (Å²) in [7, 11) is 1.63. The molecule has 6 nitrogen and oxygen atoms in total. The Hall–Kier alpha value is -0.890. The van der Waals surface area contributed by atoms with Gasteiger partial charge in [-0.25, -0.2) is 0 Å². The number of hydrogen-bond donors (Lipinski definition) is 0. The molecule has 3 heterocycles. The number of anilines is 2. The highest BCUT2D eigenvalue weighted by molar-refractivity contribution is 8.00. The molecule has 0 N–H and O–H groups in total. The van der Waals surface area contributed by atoms with E-state index in [1.54, 1.807) is 7.11 Å². The lowest BCUT2D eigenvalue weighted by atomic mass is 10.3. The van der Waals surface area contributed by atoms with Gasteiger partial charge in [-0.05, 0) is 12.8 Å². The second-order valence-corrected chi connectivity index (χ2v) is 8.93. The number of ether oxygens (including phenoxy) is 1. The van der Waals surface area contributed by atoms with Gasteiger partial charge < -0.3 is 14.5 Å². The Balaban J connectivity index is 1.82. The molecule has 134 valence electrons. The van der Waals surface area contributed by atoms with E-state index in [1.807, 2.05) is 23.5 Å². The van der Waals surface area contributed by atoms with Gasteiger partial charge in [0.05, 0.1) is 7.11 Å². The summed E-state index contributed by atoms with van der Waals surface area (Å²) in [6, 6.07) is 0.424. The van der Waals surface area contributed by atoms with Crippen molar-refractivity contribution in [3.63, 3.8) is 0 Å². The molecule has 2 fully saturated rings. The van der Waals surface area contributed by atoms with Crippen LogP contribution in [0, 0.1) is 0 Å². The second kappa shape index (κ2) is 8.47. The summed E-state index contributed by atoms with van der Waals surface area (Å²) in [4.78, 5) is 18.4. The van der Waals surface area contributed by atoms with Crippen LogP contribution in [-0.2, 0) is 0 Å². The van der Waals surface area contributed by atoms with E-state index in [9.17, 15) is 0 Å². The summed E-state index contributed by atoms with van der Waals surface area (Å²) in [6.07, 6.45) is 2.36. The van der Waals surface area contributed by atoms with Crippen LogP contribution < -0.4 is 14.5 Å². The highest BCUT2D eigenvalue weighted by Crippen LogP contribution is 2.28. The SMILES string of the molecule is CCC1CN(c2nc(OC)nc(N3CCSC(CC)C3)n2)CCS1. The fourth-order valence-corrected chi connectivity index (χ4v) is 5.37. The molecule has 1 aromatic rings. The molecule has 0 radical (unpaired) electrons. The van der Waals surface area contributed by atoms with Gasteiger partial charge in [0.1, 0.15) is 0 Å². The summed E-state index contributed by atoms with van der Waals surface area (Å²) in [5.41, 5.74) is 0. The fourth-order valence-electron chi connectivity index (χ4n) is 3.01. The molecular weight excluding hydrogens is 342 g/mol. The Morgan fingerprint density at radius 2 is 1.42 bits per heavy atom. The molecule has 0 amide bonds. The van der Waals surface area contributed by atoms with Crippen LogP contribution in [-0.4, -0.2) is 70.2 Å². The van der Waals surface area contributed by atoms with E-state index in [-0.39, 0.29) is 0 Å². The van der Waals surface area contributed by atoms with E-state index in [1.165, 1.54) is 12.8 Å². The normalized spacial score (nSPS) is 25.0. The van der Waals surface area contributed by atoms with E-state index < -0.39 is 0 Å². The van der Waals surface area contributed by atoms with Gasteiger partial charge >= 0.3 is 6.01 Å². The fraction of sp³-hybridized carbons (Fsp3) is 0.812. The van der Waals surface area contributed by atoms with Crippen LogP contribution >= 0.6 is 23.5 Å². The molecule has 1 aromatic heterocycles. The largest absolute Gasteiger partial charge is 0.467 e. The van der Waals surface area contributed by atoms with Crippen molar-refractivity contribution in [2.75, 3.05) is 54.6 Å². The highest BCUT2D eigenvalue weighted by atomic mass is 32.2. The van der Waals surface area contributed by atoms with Crippen molar-refractivity contribution in [3.05, 3.63) is 0 Å². The maximum Gasteiger partial charge on any atom is 0.322 e. The minimum Gasteiger partial charge on any atom is -0.467 e. The van der Waals surface area contributed by atoms with Gasteiger partial charge in [-0.1, -0.05) is 13.8 Å². The first-order chi connectivity index (χ1) is 11.7. The first-order valence-electron chi connectivity index (χ1n) is 8.76. The number of nitrogens with zero attached hydrogens (tertiary/aromatic N) is 5. The third-order valence-electron chi connectivity index (χ3n) is 4.53. The zero-order chi connectivity index (χ0) is 16.9. The maximum absolute atomic E-state index is 5.36. The average molecular weight is 370 g/mol. The van der Waals surface area contributed by atoms with Crippen LogP contribution in [0.1, 0.15) is 26.7 Å². The number of methoxy groups -OCH3 is 1. The number of aromatic nitrogens is 3. The molecule has 0 spiro atoms. The smallest absolute Gasteiger partial charge is 0.322 e. The quantitative estimate of drug-likeness (QED) is 0.785. The number of rotatable bonds is 5. The Bertz CT molecular complexity index is 505. The number of hydrogen-bond acceptors (Lipinski definition) is 8. The monoisotopic (exact) mass is 369 g/mol. The molecule has 0 saturated carbocycles. The molecule has 0 aliphatic carbocycles. The van der Waals surface area contributed by atoms with Gasteiger partial charge in [0.15, 0.2) is 0 Å². The molecule has 8 heteroatoms. The maximum atomic E-state index is 5.36. The molecule has 2 saturated heterocycles. The molecule has 0 aromatic carbocycles. The first-order valence-corrected chi connectivity index (χ1v) is 10.9. The lowest BCUT2D eigenvalue weighted by Crippen LogP contribution is -2.41. The van der Waals surface area contributed by atoms with Gasteiger partial charge in [0, 0.05) is 48.2 Å². The van der Waals surface area contributed by atoms with Crippen LogP contribution in [0.4, 0.5) is 11.9 Å². The van der Waals surface area contributed by atoms with Gasteiger partial charge in [0.25, 0.3) is 0 Å². The van der Waals surface area contributed by atoms with Gasteiger partial charge in [-0.3, -0.25) is 0 Å². The second-order valence-electron chi connectivity index (χ2n) is 6.12. The average Bonchev–Trinajstić information content (AvgIpc) is 2.67. The Kier molecular flexibility index (Phi) is 6.32. The van der Waals surface area contributed by atoms with Crippen molar-refractivity contribution in [2.45, 2.75) is 37.2 Å². The molecule has 2 aliphatic heterocycles. The molecular formula is C16H27N5OS2. The predicted octanol–water partition coefficient (Wildman–Crippen LogP) is 2.54. The minimum absolute atomic E-state index is 0.424. The van der Waals surface area contributed by atoms with E-state index in [2.05, 4.69) is 33.6 Å². The summed E-state index contributed by atoms with van der Waals surface area (Å²) >= 11 is 4.10. The minimum atomic E-state index is 0.424. The van der Waals surface area contributed by atoms with Crippen molar-refractivity contribution in [1.82, 2.24) is 15.0 Å². The van der Waals surface area contributed by atoms with Crippen molar-refractivity contribution < 1.29 is 4.74 Å². The van der Waals surface area contributed by atoms with Gasteiger partial charge in [0.2, 0.25) is 11.9 Å². The molecule has 0 bridgehead atoms. The lowest BCUT2D eigenvalue weighted by Gasteiger charge is -2.34.